The highest BCUT2D eigenvalue weighted by Crippen LogP contribution is 2.38. The maximum Gasteiger partial charge on any atom is 0.132 e. The Morgan fingerprint density at radius 1 is 0.929 bits per heavy atom. The maximum absolute atomic E-state index is 14.4. The molecule has 1 aliphatic carbocycles. The average molecular weight is 382 g/mol. The molecule has 1 aromatic carbocycles. The molecule has 0 saturated heterocycles. The van der Waals surface area contributed by atoms with Crippen LogP contribution in [0, 0.1) is 11.7 Å². The second-order valence-electron chi connectivity index (χ2n) is 8.57. The number of aromatic nitrogens is 1. The highest BCUT2D eigenvalue weighted by Gasteiger charge is 2.22. The van der Waals surface area contributed by atoms with Crippen LogP contribution < -0.4 is 0 Å². The monoisotopic (exact) mass is 381 g/mol. The molecule has 152 valence electrons. The van der Waals surface area contributed by atoms with Gasteiger partial charge in [0.05, 0.1) is 5.69 Å². The lowest BCUT2D eigenvalue weighted by molar-refractivity contribution is 0.301. The Morgan fingerprint density at radius 3 is 2.36 bits per heavy atom. The van der Waals surface area contributed by atoms with Crippen LogP contribution in [-0.4, -0.2) is 4.98 Å². The zero-order chi connectivity index (χ0) is 19.8. The highest BCUT2D eigenvalue weighted by molar-refractivity contribution is 5.60. The summed E-state index contributed by atoms with van der Waals surface area (Å²) in [6, 6.07) is 9.66. The molecule has 0 N–H and O–H groups in total. The van der Waals surface area contributed by atoms with Gasteiger partial charge in [0.15, 0.2) is 0 Å². The van der Waals surface area contributed by atoms with E-state index in [1.807, 2.05) is 31.3 Å². The van der Waals surface area contributed by atoms with E-state index in [0.717, 1.165) is 23.6 Å². The maximum atomic E-state index is 14.4. The molecule has 1 aromatic heterocycles. The standard InChI is InChI=1S/C26H36FN/c1-3-5-6-7-8-9-21-10-13-22(14-11-21)23-15-17-26(28-19-23)24-16-12-20(4-2)18-25(24)27/h12,15-19,21-22H,3-11,13-14H2,1-2H3/t21-,22-. The van der Waals surface area contributed by atoms with E-state index in [0.29, 0.717) is 11.5 Å². The summed E-state index contributed by atoms with van der Waals surface area (Å²) in [5, 5.41) is 0. The molecule has 2 aromatic rings. The summed E-state index contributed by atoms with van der Waals surface area (Å²) in [6.07, 6.45) is 16.5. The van der Waals surface area contributed by atoms with Crippen molar-refractivity contribution in [2.75, 3.05) is 0 Å². The van der Waals surface area contributed by atoms with Crippen molar-refractivity contribution in [1.82, 2.24) is 4.98 Å². The molecule has 28 heavy (non-hydrogen) atoms. The third kappa shape index (κ3) is 5.65. The van der Waals surface area contributed by atoms with E-state index in [1.165, 1.54) is 69.8 Å². The van der Waals surface area contributed by atoms with Gasteiger partial charge in [-0.2, -0.15) is 0 Å². The van der Waals surface area contributed by atoms with Crippen LogP contribution in [-0.2, 0) is 6.42 Å². The van der Waals surface area contributed by atoms with Crippen LogP contribution in [0.5, 0.6) is 0 Å². The minimum Gasteiger partial charge on any atom is -0.256 e. The first-order valence-electron chi connectivity index (χ1n) is 11.5. The molecule has 1 aliphatic rings. The number of aryl methyl sites for hydroxylation is 1. The second-order valence-corrected chi connectivity index (χ2v) is 8.57. The SMILES string of the molecule is CCCCCCC[C@H]1CC[C@H](c2ccc(-c3ccc(CC)cc3F)nc2)CC1. The van der Waals surface area contributed by atoms with Gasteiger partial charge in [-0.3, -0.25) is 4.98 Å². The summed E-state index contributed by atoms with van der Waals surface area (Å²) in [7, 11) is 0. The van der Waals surface area contributed by atoms with Crippen LogP contribution in [0.4, 0.5) is 4.39 Å². The van der Waals surface area contributed by atoms with Crippen LogP contribution in [0.3, 0.4) is 0 Å². The first-order valence-corrected chi connectivity index (χ1v) is 11.5. The number of halogens is 1. The molecule has 0 amide bonds. The molecule has 0 spiro atoms. The summed E-state index contributed by atoms with van der Waals surface area (Å²) in [4.78, 5) is 4.60. The molecule has 0 unspecified atom stereocenters. The molecular formula is C26H36FN. The lowest BCUT2D eigenvalue weighted by Crippen LogP contribution is -2.13. The molecular weight excluding hydrogens is 345 g/mol. The third-order valence-electron chi connectivity index (χ3n) is 6.54. The summed E-state index contributed by atoms with van der Waals surface area (Å²) < 4.78 is 14.4. The van der Waals surface area contributed by atoms with Crippen molar-refractivity contribution in [2.45, 2.75) is 90.4 Å². The van der Waals surface area contributed by atoms with Gasteiger partial charge in [0.25, 0.3) is 0 Å². The van der Waals surface area contributed by atoms with Gasteiger partial charge in [0, 0.05) is 11.8 Å². The number of pyridine rings is 1. The lowest BCUT2D eigenvalue weighted by atomic mass is 9.77. The molecule has 0 radical (unpaired) electrons. The fraction of sp³-hybridized carbons (Fsp3) is 0.577. The summed E-state index contributed by atoms with van der Waals surface area (Å²) in [5.74, 6) is 1.39. The molecule has 1 nitrogen and oxygen atoms in total. The van der Waals surface area contributed by atoms with Gasteiger partial charge < -0.3 is 0 Å². The second kappa shape index (κ2) is 10.7. The fourth-order valence-corrected chi connectivity index (χ4v) is 4.61. The number of hydrogen-bond donors (Lipinski definition) is 0. The van der Waals surface area contributed by atoms with Crippen LogP contribution in [0.1, 0.15) is 95.1 Å². The summed E-state index contributed by atoms with van der Waals surface area (Å²) >= 11 is 0. The van der Waals surface area contributed by atoms with Gasteiger partial charge in [0.2, 0.25) is 0 Å². The van der Waals surface area contributed by atoms with Crippen LogP contribution in [0.25, 0.3) is 11.3 Å². The number of unbranched alkanes of at least 4 members (excludes halogenated alkanes) is 4. The van der Waals surface area contributed by atoms with Crippen molar-refractivity contribution >= 4 is 0 Å². The quantitative estimate of drug-likeness (QED) is 0.400. The Morgan fingerprint density at radius 2 is 1.71 bits per heavy atom. The predicted octanol–water partition coefficient (Wildman–Crippen LogP) is 8.08. The van der Waals surface area contributed by atoms with Crippen LogP contribution in [0.2, 0.25) is 0 Å². The van der Waals surface area contributed by atoms with Crippen LogP contribution in [0.15, 0.2) is 36.5 Å². The van der Waals surface area contributed by atoms with E-state index in [1.54, 1.807) is 6.07 Å². The smallest absolute Gasteiger partial charge is 0.132 e. The van der Waals surface area contributed by atoms with E-state index in [9.17, 15) is 4.39 Å². The Bertz CT molecular complexity index is 714. The Kier molecular flexibility index (Phi) is 8.06. The topological polar surface area (TPSA) is 12.9 Å². The zero-order valence-electron chi connectivity index (χ0n) is 17.7. The molecule has 1 heterocycles. The van der Waals surface area contributed by atoms with Crippen molar-refractivity contribution in [3.8, 4) is 11.3 Å². The molecule has 0 atom stereocenters. The van der Waals surface area contributed by atoms with E-state index >= 15 is 0 Å². The highest BCUT2D eigenvalue weighted by atomic mass is 19.1. The number of rotatable bonds is 9. The van der Waals surface area contributed by atoms with Gasteiger partial charge >= 0.3 is 0 Å². The minimum atomic E-state index is -0.168. The predicted molar refractivity (Wildman–Crippen MR) is 117 cm³/mol. The van der Waals surface area contributed by atoms with Gasteiger partial charge in [-0.15, -0.1) is 0 Å². The molecule has 2 heteroatoms. The third-order valence-corrected chi connectivity index (χ3v) is 6.54. The lowest BCUT2D eigenvalue weighted by Gasteiger charge is -2.28. The zero-order valence-corrected chi connectivity index (χ0v) is 17.7. The molecule has 0 aliphatic heterocycles. The number of hydrogen-bond acceptors (Lipinski definition) is 1. The Labute approximate surface area is 170 Å². The van der Waals surface area contributed by atoms with Gasteiger partial charge in [-0.05, 0) is 73.3 Å². The van der Waals surface area contributed by atoms with Crippen molar-refractivity contribution in [3.05, 3.63) is 53.5 Å². The van der Waals surface area contributed by atoms with E-state index in [-0.39, 0.29) is 5.82 Å². The van der Waals surface area contributed by atoms with Crippen molar-refractivity contribution in [3.63, 3.8) is 0 Å². The number of nitrogens with zero attached hydrogens (tertiary/aromatic N) is 1. The Hall–Kier alpha value is -1.70. The minimum absolute atomic E-state index is 0.168. The average Bonchev–Trinajstić information content (AvgIpc) is 2.74. The number of benzene rings is 1. The van der Waals surface area contributed by atoms with Gasteiger partial charge in [-0.25, -0.2) is 4.39 Å². The fourth-order valence-electron chi connectivity index (χ4n) is 4.61. The Balaban J connectivity index is 1.51. The first kappa shape index (κ1) is 21.0. The van der Waals surface area contributed by atoms with Crippen molar-refractivity contribution in [1.29, 1.82) is 0 Å². The first-order chi connectivity index (χ1) is 13.7. The van der Waals surface area contributed by atoms with Gasteiger partial charge in [0.1, 0.15) is 5.82 Å². The molecule has 1 fully saturated rings. The van der Waals surface area contributed by atoms with E-state index < -0.39 is 0 Å². The molecule has 3 rings (SSSR count). The van der Waals surface area contributed by atoms with Crippen LogP contribution >= 0.6 is 0 Å². The van der Waals surface area contributed by atoms with E-state index in [4.69, 9.17) is 0 Å². The molecule has 0 bridgehead atoms. The van der Waals surface area contributed by atoms with Crippen molar-refractivity contribution in [2.24, 2.45) is 5.92 Å². The summed E-state index contributed by atoms with van der Waals surface area (Å²) in [6.45, 7) is 4.32. The van der Waals surface area contributed by atoms with Gasteiger partial charge in [-0.1, -0.05) is 64.5 Å². The largest absolute Gasteiger partial charge is 0.256 e. The molecule has 1 saturated carbocycles. The van der Waals surface area contributed by atoms with Crippen molar-refractivity contribution < 1.29 is 4.39 Å². The normalized spacial score (nSPS) is 19.7. The van der Waals surface area contributed by atoms with E-state index in [2.05, 4.69) is 18.0 Å². The summed E-state index contributed by atoms with van der Waals surface area (Å²) in [5.41, 5.74) is 3.70.